The lowest BCUT2D eigenvalue weighted by atomic mass is 9.91. The first-order valence-electron chi connectivity index (χ1n) is 7.72. The second kappa shape index (κ2) is 6.98. The monoisotopic (exact) mass is 360 g/mol. The fourth-order valence-electron chi connectivity index (χ4n) is 3.10. The third kappa shape index (κ3) is 3.20. The zero-order valence-electron chi connectivity index (χ0n) is 13.4. The van der Waals surface area contributed by atoms with Gasteiger partial charge in [0.25, 0.3) is 0 Å². The Kier molecular flexibility index (Phi) is 4.95. The van der Waals surface area contributed by atoms with Crippen LogP contribution in [0.25, 0.3) is 0 Å². The molecule has 0 bridgehead atoms. The lowest BCUT2D eigenvalue weighted by molar-refractivity contribution is -0.114. The quantitative estimate of drug-likeness (QED) is 0.826. The Morgan fingerprint density at radius 2 is 1.50 bits per heavy atom. The van der Waals surface area contributed by atoms with Gasteiger partial charge in [-0.1, -0.05) is 59.6 Å². The van der Waals surface area contributed by atoms with Crippen LogP contribution in [-0.2, 0) is 4.79 Å². The molecule has 0 aliphatic carbocycles. The highest BCUT2D eigenvalue weighted by Crippen LogP contribution is 2.36. The maximum absolute atomic E-state index is 12.2. The van der Waals surface area contributed by atoms with Gasteiger partial charge in [-0.05, 0) is 31.5 Å². The Bertz CT molecular complexity index is 817. The Labute approximate surface area is 151 Å². The predicted molar refractivity (Wildman–Crippen MR) is 98.0 cm³/mol. The molecule has 1 aliphatic rings. The van der Waals surface area contributed by atoms with Crippen LogP contribution in [0.3, 0.4) is 0 Å². The topological polar surface area (TPSA) is 41.1 Å². The summed E-state index contributed by atoms with van der Waals surface area (Å²) in [6.07, 6.45) is -0.205. The summed E-state index contributed by atoms with van der Waals surface area (Å²) in [6.45, 7) is 3.48. The molecule has 124 valence electrons. The van der Waals surface area contributed by atoms with E-state index < -0.39 is 0 Å². The van der Waals surface area contributed by atoms with Crippen molar-refractivity contribution < 1.29 is 4.79 Å². The van der Waals surface area contributed by atoms with Gasteiger partial charge < -0.3 is 5.32 Å². The van der Waals surface area contributed by atoms with E-state index in [9.17, 15) is 4.79 Å². The molecular formula is C19H18Cl2N2O. The van der Waals surface area contributed by atoms with Gasteiger partial charge in [-0.2, -0.15) is 0 Å². The minimum absolute atomic E-state index is 0.00929. The molecular weight excluding hydrogens is 343 g/mol. The molecule has 2 aromatic carbocycles. The molecule has 1 aliphatic heterocycles. The summed E-state index contributed by atoms with van der Waals surface area (Å²) in [6, 6.07) is 14.9. The van der Waals surface area contributed by atoms with E-state index in [2.05, 4.69) is 10.6 Å². The van der Waals surface area contributed by atoms with Crippen LogP contribution >= 0.6 is 23.2 Å². The van der Waals surface area contributed by atoms with Crippen molar-refractivity contribution in [1.82, 2.24) is 10.6 Å². The van der Waals surface area contributed by atoms with E-state index in [0.717, 1.165) is 16.8 Å². The largest absolute Gasteiger partial charge is 0.369 e. The second-order valence-corrected chi connectivity index (χ2v) is 6.63. The summed E-state index contributed by atoms with van der Waals surface area (Å²) < 4.78 is 0. The Hall–Kier alpha value is -1.81. The van der Waals surface area contributed by atoms with Gasteiger partial charge in [0.15, 0.2) is 5.78 Å². The molecule has 2 N–H and O–H groups in total. The summed E-state index contributed by atoms with van der Waals surface area (Å²) in [5.41, 5.74) is 3.32. The minimum atomic E-state index is -0.293. The molecule has 3 rings (SSSR count). The molecule has 24 heavy (non-hydrogen) atoms. The summed E-state index contributed by atoms with van der Waals surface area (Å²) in [4.78, 5) is 12.2. The fraction of sp³-hybridized carbons (Fsp3) is 0.211. The maximum Gasteiger partial charge on any atom is 0.159 e. The van der Waals surface area contributed by atoms with E-state index in [1.54, 1.807) is 6.92 Å². The van der Waals surface area contributed by atoms with Gasteiger partial charge in [0.2, 0.25) is 0 Å². The summed E-state index contributed by atoms with van der Waals surface area (Å²) in [5, 5.41) is 8.11. The maximum atomic E-state index is 12.2. The van der Waals surface area contributed by atoms with Crippen LogP contribution in [0.5, 0.6) is 0 Å². The third-order valence-electron chi connectivity index (χ3n) is 4.20. The van der Waals surface area contributed by atoms with Gasteiger partial charge in [-0.25, -0.2) is 0 Å². The molecule has 0 saturated heterocycles. The van der Waals surface area contributed by atoms with Crippen molar-refractivity contribution in [3.8, 4) is 0 Å². The van der Waals surface area contributed by atoms with E-state index in [4.69, 9.17) is 23.2 Å². The lowest BCUT2D eigenvalue weighted by Gasteiger charge is -2.36. The van der Waals surface area contributed by atoms with Gasteiger partial charge in [0.05, 0.1) is 6.04 Å². The number of halogens is 2. The van der Waals surface area contributed by atoms with Gasteiger partial charge in [0.1, 0.15) is 6.17 Å². The summed E-state index contributed by atoms with van der Waals surface area (Å²) >= 11 is 12.7. The third-order valence-corrected chi connectivity index (χ3v) is 4.89. The smallest absolute Gasteiger partial charge is 0.159 e. The Morgan fingerprint density at radius 3 is 2.04 bits per heavy atom. The van der Waals surface area contributed by atoms with Crippen molar-refractivity contribution in [2.75, 3.05) is 0 Å². The van der Waals surface area contributed by atoms with Crippen molar-refractivity contribution >= 4 is 29.0 Å². The molecule has 0 aromatic heterocycles. The number of Topliss-reactive ketones (excluding diaryl/α,β-unsaturated/α-hetero) is 1. The Balaban J connectivity index is 2.08. The fourth-order valence-corrected chi connectivity index (χ4v) is 3.59. The van der Waals surface area contributed by atoms with Crippen molar-refractivity contribution in [3.63, 3.8) is 0 Å². The van der Waals surface area contributed by atoms with Crippen molar-refractivity contribution in [2.24, 2.45) is 0 Å². The average Bonchev–Trinajstić information content (AvgIpc) is 2.54. The lowest BCUT2D eigenvalue weighted by Crippen LogP contribution is -2.43. The molecule has 0 spiro atoms. The van der Waals surface area contributed by atoms with Gasteiger partial charge in [-0.15, -0.1) is 0 Å². The highest BCUT2D eigenvalue weighted by Gasteiger charge is 2.32. The van der Waals surface area contributed by atoms with E-state index in [1.807, 2.05) is 55.5 Å². The van der Waals surface area contributed by atoms with Crippen LogP contribution in [0.15, 0.2) is 59.8 Å². The van der Waals surface area contributed by atoms with E-state index in [-0.39, 0.29) is 18.0 Å². The SMILES string of the molecule is CC(=O)C1=C(C)N[C@H](c2ccccc2Cl)N[C@@H]1c1ccccc1Cl. The molecule has 2 atom stereocenters. The standard InChI is InChI=1S/C19H18Cl2N2O/c1-11-17(12(2)24)18(13-7-3-5-9-15(13)20)23-19(22-11)14-8-4-6-10-16(14)21/h3-10,18-19,22-23H,1-2H3/t18-,19+/m1/s1. The van der Waals surface area contributed by atoms with Crippen molar-refractivity contribution in [1.29, 1.82) is 0 Å². The first-order chi connectivity index (χ1) is 11.5. The van der Waals surface area contributed by atoms with Crippen LogP contribution in [0.1, 0.15) is 37.2 Å². The van der Waals surface area contributed by atoms with Crippen LogP contribution in [0.4, 0.5) is 0 Å². The number of hydrogen-bond donors (Lipinski definition) is 2. The molecule has 0 fully saturated rings. The van der Waals surface area contributed by atoms with Crippen LogP contribution in [-0.4, -0.2) is 5.78 Å². The van der Waals surface area contributed by atoms with Gasteiger partial charge in [0, 0.05) is 26.9 Å². The number of carbonyl (C=O) groups excluding carboxylic acids is 1. The average molecular weight is 361 g/mol. The number of ketones is 1. The molecule has 0 radical (unpaired) electrons. The second-order valence-electron chi connectivity index (χ2n) is 5.81. The molecule has 0 unspecified atom stereocenters. The molecule has 5 heteroatoms. The van der Waals surface area contributed by atoms with E-state index in [0.29, 0.717) is 15.6 Å². The number of hydrogen-bond acceptors (Lipinski definition) is 3. The van der Waals surface area contributed by atoms with Crippen molar-refractivity contribution in [3.05, 3.63) is 81.0 Å². The molecule has 0 amide bonds. The summed E-state index contributed by atoms with van der Waals surface area (Å²) in [7, 11) is 0. The molecule has 0 saturated carbocycles. The first kappa shape index (κ1) is 17.0. The highest BCUT2D eigenvalue weighted by molar-refractivity contribution is 6.31. The molecule has 2 aromatic rings. The molecule has 1 heterocycles. The molecule has 3 nitrogen and oxygen atoms in total. The van der Waals surface area contributed by atoms with Crippen LogP contribution < -0.4 is 10.6 Å². The normalized spacial score (nSPS) is 20.7. The number of allylic oxidation sites excluding steroid dienone is 1. The van der Waals surface area contributed by atoms with Gasteiger partial charge in [-0.3, -0.25) is 10.1 Å². The zero-order chi connectivity index (χ0) is 17.3. The van der Waals surface area contributed by atoms with Crippen LogP contribution in [0.2, 0.25) is 10.0 Å². The van der Waals surface area contributed by atoms with E-state index in [1.165, 1.54) is 0 Å². The predicted octanol–water partition coefficient (Wildman–Crippen LogP) is 4.79. The van der Waals surface area contributed by atoms with Crippen LogP contribution in [0, 0.1) is 0 Å². The highest BCUT2D eigenvalue weighted by atomic mass is 35.5. The minimum Gasteiger partial charge on any atom is -0.369 e. The number of nitrogens with one attached hydrogen (secondary N) is 2. The van der Waals surface area contributed by atoms with Crippen molar-refractivity contribution in [2.45, 2.75) is 26.1 Å². The van der Waals surface area contributed by atoms with Gasteiger partial charge >= 0.3 is 0 Å². The zero-order valence-corrected chi connectivity index (χ0v) is 14.9. The Morgan fingerprint density at radius 1 is 0.958 bits per heavy atom. The number of carbonyl (C=O) groups is 1. The first-order valence-corrected chi connectivity index (χ1v) is 8.47. The van der Waals surface area contributed by atoms with E-state index >= 15 is 0 Å². The number of rotatable bonds is 3. The number of benzene rings is 2. The summed E-state index contributed by atoms with van der Waals surface area (Å²) in [5.74, 6) is 0.00929.